The number of carbonyl (C=O) groups excluding carboxylic acids is 6. The highest BCUT2D eigenvalue weighted by Gasteiger charge is 2.56. The number of nitrogens with zero attached hydrogens (tertiary/aromatic N) is 5. The van der Waals surface area contributed by atoms with Gasteiger partial charge in [-0.15, -0.1) is 0 Å². The minimum absolute atomic E-state index is 0.0247. The number of aromatic nitrogens is 2. The van der Waals surface area contributed by atoms with Crippen LogP contribution in [0, 0.1) is 33.1 Å². The van der Waals surface area contributed by atoms with Crippen molar-refractivity contribution >= 4 is 85.4 Å². The van der Waals surface area contributed by atoms with Crippen LogP contribution in [0.2, 0.25) is 5.02 Å². The highest BCUT2D eigenvalue weighted by Crippen LogP contribution is 2.53. The lowest BCUT2D eigenvalue weighted by Crippen LogP contribution is -2.46. The summed E-state index contributed by atoms with van der Waals surface area (Å²) in [7, 11) is -2.98. The number of aliphatic hydroxyl groups excluding tert-OH is 1. The van der Waals surface area contributed by atoms with E-state index < -0.39 is 27.4 Å². The second-order valence-corrected chi connectivity index (χ2v) is 32.9. The summed E-state index contributed by atoms with van der Waals surface area (Å²) >= 11 is 6.13. The molecule has 22 heteroatoms. The van der Waals surface area contributed by atoms with E-state index in [-0.39, 0.29) is 51.6 Å². The van der Waals surface area contributed by atoms with Crippen molar-refractivity contribution in [2.75, 3.05) is 84.4 Å². The number of aromatic amines is 1. The summed E-state index contributed by atoms with van der Waals surface area (Å²) in [5, 5.41) is 16.9. The van der Waals surface area contributed by atoms with E-state index in [0.29, 0.717) is 132 Å². The number of aryl methyl sites for hydroxylation is 4. The number of rotatable bonds is 16. The van der Waals surface area contributed by atoms with Crippen LogP contribution in [-0.4, -0.2) is 129 Å². The molecule has 10 aromatic rings. The Morgan fingerprint density at radius 1 is 0.646 bits per heavy atom. The predicted octanol–water partition coefficient (Wildman–Crippen LogP) is 17.1. The zero-order valence-corrected chi connectivity index (χ0v) is 66.6. The number of Topliss-reactive ketones (excluding diaryl/α,β-unsaturated/α-hetero) is 1. The largest absolute Gasteiger partial charge is 0.495 e. The number of imidazole rings is 1. The van der Waals surface area contributed by atoms with Gasteiger partial charge in [0.25, 0.3) is 39.6 Å². The van der Waals surface area contributed by atoms with Crippen LogP contribution >= 0.6 is 11.6 Å². The number of morpholine rings is 1. The summed E-state index contributed by atoms with van der Waals surface area (Å²) < 4.78 is 46.6. The van der Waals surface area contributed by atoms with Crippen LogP contribution in [0.5, 0.6) is 5.75 Å². The number of hydrogen-bond donors (Lipinski definition) is 4. The van der Waals surface area contributed by atoms with Gasteiger partial charge in [-0.05, 0) is 203 Å². The number of nitrogens with one attached hydrogen (secondary N) is 3. The molecule has 5 amide bonds. The maximum absolute atomic E-state index is 14.3. The standard InChI is InChI=1S/C33H44N2O7S.C32H26N4O2.C26H25ClN2O3/c1-23-6-8-27-26(20-23)33(12-10-25(11-13-33)42-19-16-34-14-17-41-18-15-34)31(37)35(27)43(38,39)30-9-7-24(21-29(30)40-5)28(36)22-32(2,3)4;1-21-33-28-19-20-36(29-14-8-7-13-27(29)30(28)34-21)32(38)23-15-17-24(18-16-23)35-31(37)26-12-6-5-11-25(26)22-9-3-2-4-10-22;1-16-6-3-4-7-20(16)25(31)28-19-10-11-21(17(2)14-19)26(32)29-13-5-8-24(30)22-15-18(27)9-12-23(22)29/h6-9,20-21,25H,10-19,22H2,1-5H3;2-18H,19-20H2,1H3,(H,33,34)(H,35,37);3-4,6-7,9-12,14-15,24,30H,5,8,13H2,1-2H3,(H,28,31)/t;;24-/m..1/s1. The zero-order valence-electron chi connectivity index (χ0n) is 65.0. The van der Waals surface area contributed by atoms with Crippen LogP contribution in [0.4, 0.5) is 28.4 Å². The summed E-state index contributed by atoms with van der Waals surface area (Å²) in [6.45, 7) is 19.4. The van der Waals surface area contributed by atoms with Crippen LogP contribution in [-0.2, 0) is 36.1 Å². The molecule has 9 aromatic carbocycles. The van der Waals surface area contributed by atoms with Crippen molar-refractivity contribution in [3.8, 4) is 28.1 Å². The number of sulfonamides is 1. The van der Waals surface area contributed by atoms with Gasteiger partial charge in [-0.2, -0.15) is 0 Å². The van der Waals surface area contributed by atoms with Crippen molar-refractivity contribution in [3.63, 3.8) is 0 Å². The molecular formula is C91H95ClN8O12S. The molecular weight excluding hydrogens is 1460 g/mol. The third-order valence-corrected chi connectivity index (χ3v) is 23.5. The second-order valence-electron chi connectivity index (χ2n) is 30.7. The summed E-state index contributed by atoms with van der Waals surface area (Å²) in [6.07, 6.45) is 3.97. The fourth-order valence-corrected chi connectivity index (χ4v) is 17.5. The highest BCUT2D eigenvalue weighted by molar-refractivity contribution is 7.93. The molecule has 1 aromatic heterocycles. The Morgan fingerprint density at radius 2 is 1.29 bits per heavy atom. The summed E-state index contributed by atoms with van der Waals surface area (Å²) in [5.74, 6) is -0.245. The Morgan fingerprint density at radius 3 is 2.01 bits per heavy atom. The molecule has 0 bridgehead atoms. The van der Waals surface area contributed by atoms with Gasteiger partial charge in [0.05, 0.1) is 61.6 Å². The monoisotopic (exact) mass is 1560 g/mol. The van der Waals surface area contributed by atoms with Crippen molar-refractivity contribution in [3.05, 3.63) is 272 Å². The van der Waals surface area contributed by atoms with E-state index in [4.69, 9.17) is 25.8 Å². The van der Waals surface area contributed by atoms with E-state index in [2.05, 4.69) is 25.5 Å². The topological polar surface area (TPSA) is 250 Å². The van der Waals surface area contributed by atoms with Crippen LogP contribution in [0.3, 0.4) is 0 Å². The maximum atomic E-state index is 14.3. The summed E-state index contributed by atoms with van der Waals surface area (Å²) in [6, 6.07) is 60.1. The number of methoxy groups -OCH3 is 1. The van der Waals surface area contributed by atoms with E-state index in [1.807, 2.05) is 163 Å². The zero-order chi connectivity index (χ0) is 79.9. The molecule has 4 aliphatic heterocycles. The number of H-pyrrole nitrogens is 1. The van der Waals surface area contributed by atoms with Crippen molar-refractivity contribution in [2.45, 2.75) is 122 Å². The van der Waals surface area contributed by atoms with Gasteiger partial charge in [0.2, 0.25) is 0 Å². The molecule has 0 radical (unpaired) electrons. The first-order valence-corrected chi connectivity index (χ1v) is 40.2. The molecule has 20 nitrogen and oxygen atoms in total. The predicted molar refractivity (Wildman–Crippen MR) is 442 cm³/mol. The molecule has 4 N–H and O–H groups in total. The van der Waals surface area contributed by atoms with Gasteiger partial charge in [0.1, 0.15) is 16.5 Å². The highest BCUT2D eigenvalue weighted by atomic mass is 35.5. The Kier molecular flexibility index (Phi) is 24.5. The molecule has 5 aliphatic rings. The lowest BCUT2D eigenvalue weighted by atomic mass is 9.69. The minimum Gasteiger partial charge on any atom is -0.495 e. The van der Waals surface area contributed by atoms with Gasteiger partial charge in [-0.25, -0.2) is 17.7 Å². The van der Waals surface area contributed by atoms with E-state index >= 15 is 0 Å². The van der Waals surface area contributed by atoms with Crippen LogP contribution in [0.15, 0.2) is 205 Å². The van der Waals surface area contributed by atoms with Gasteiger partial charge >= 0.3 is 0 Å². The molecule has 113 heavy (non-hydrogen) atoms. The Hall–Kier alpha value is -10.9. The smallest absolute Gasteiger partial charge is 0.274 e. The van der Waals surface area contributed by atoms with Crippen molar-refractivity contribution in [1.82, 2.24) is 14.9 Å². The lowest BCUT2D eigenvalue weighted by molar-refractivity contribution is -0.124. The molecule has 15 rings (SSSR count). The normalized spacial score (nSPS) is 17.3. The molecule has 1 saturated heterocycles. The average Bonchev–Trinajstić information content (AvgIpc) is 1.55. The molecule has 584 valence electrons. The fourth-order valence-electron chi connectivity index (χ4n) is 15.6. The maximum Gasteiger partial charge on any atom is 0.274 e. The number of aliphatic hydroxyl groups is 1. The second kappa shape index (κ2) is 34.6. The quantitative estimate of drug-likeness (QED) is 0.0657. The molecule has 5 heterocycles. The van der Waals surface area contributed by atoms with Crippen LogP contribution in [0.25, 0.3) is 22.4 Å². The van der Waals surface area contributed by atoms with Gasteiger partial charge in [0.15, 0.2) is 5.78 Å². The number of ketones is 1. The first kappa shape index (κ1) is 80.2. The first-order chi connectivity index (χ1) is 54.3. The lowest BCUT2D eigenvalue weighted by Gasteiger charge is -2.36. The number of halogens is 1. The van der Waals surface area contributed by atoms with E-state index in [1.54, 1.807) is 77.7 Å². The minimum atomic E-state index is -4.35. The number of ether oxygens (including phenoxy) is 3. The number of fused-ring (bicyclic) bond motifs is 6. The van der Waals surface area contributed by atoms with Gasteiger partial charge in [-0.1, -0.05) is 135 Å². The summed E-state index contributed by atoms with van der Waals surface area (Å²) in [4.78, 5) is 93.8. The molecule has 2 fully saturated rings. The average molecular weight is 1560 g/mol. The SMILES string of the molecule is COc1cc(C(=O)CC(C)(C)C)ccc1S(=O)(=O)N1C(=O)C2(CCC(OCCN3CCOCC3)CC2)c2cc(C)ccc21.Cc1ccccc1C(=O)Nc1ccc(C(=O)N2CCC[C@@H](O)c3cc(Cl)ccc32)c(C)c1.Cc1nc2c([nH]1)CCN(C(=O)c1ccc(NC(=O)c3ccccc3-c3ccccc3)cc1)c1ccccc1-2. The third kappa shape index (κ3) is 17.8. The van der Waals surface area contributed by atoms with Crippen molar-refractivity contribution < 1.29 is 56.5 Å². The number of anilines is 5. The van der Waals surface area contributed by atoms with E-state index in [0.717, 1.165) is 99.0 Å². The Balaban J connectivity index is 0.000000150. The molecule has 1 saturated carbocycles. The third-order valence-electron chi connectivity index (χ3n) is 21.5. The molecule has 1 atom stereocenters. The van der Waals surface area contributed by atoms with Crippen molar-refractivity contribution in [1.29, 1.82) is 0 Å². The first-order valence-electron chi connectivity index (χ1n) is 38.4. The number of carbonyl (C=O) groups is 6. The number of para-hydroxylation sites is 1. The Labute approximate surface area is 665 Å². The fraction of sp³-hybridized carbons (Fsp3) is 0.308. The summed E-state index contributed by atoms with van der Waals surface area (Å²) in [5.41, 5.74) is 13.5. The van der Waals surface area contributed by atoms with E-state index in [1.165, 1.54) is 25.3 Å². The van der Waals surface area contributed by atoms with Gasteiger partial charge < -0.3 is 44.7 Å². The van der Waals surface area contributed by atoms with Gasteiger partial charge in [0, 0.05) is 112 Å². The van der Waals surface area contributed by atoms with Gasteiger partial charge in [-0.3, -0.25) is 33.7 Å². The Bertz CT molecular complexity index is 5340. The van der Waals surface area contributed by atoms with Crippen molar-refractivity contribution in [2.24, 2.45) is 5.41 Å². The van der Waals surface area contributed by atoms with E-state index in [9.17, 15) is 42.3 Å². The molecule has 1 aliphatic carbocycles. The van der Waals surface area contributed by atoms with Crippen LogP contribution < -0.4 is 29.5 Å². The molecule has 1 spiro atoms. The number of hydrogen-bond acceptors (Lipinski definition) is 14. The molecule has 0 unspecified atom stereocenters. The van der Waals surface area contributed by atoms with Crippen LogP contribution in [0.1, 0.15) is 163 Å². The number of amides is 5. The number of benzene rings is 9.